The lowest BCUT2D eigenvalue weighted by atomic mass is 9.52. The van der Waals surface area contributed by atoms with Gasteiger partial charge in [-0.15, -0.1) is 0 Å². The average Bonchev–Trinajstić information content (AvgIpc) is 3.00. The fourth-order valence-electron chi connectivity index (χ4n) is 8.45. The molecule has 34 heavy (non-hydrogen) atoms. The molecule has 6 rings (SSSR count). The fraction of sp³-hybridized carbons (Fsp3) is 0.484. The zero-order valence-corrected chi connectivity index (χ0v) is 21.5. The Balaban J connectivity index is 1.77. The minimum absolute atomic E-state index is 0.0732. The summed E-state index contributed by atoms with van der Waals surface area (Å²) in [6.45, 7) is 10.7. The molecule has 3 aromatic rings. The Hall–Kier alpha value is -2.68. The topological polar surface area (TPSA) is 32.7 Å². The van der Waals surface area contributed by atoms with Crippen LogP contribution in [0.1, 0.15) is 70.1 Å². The van der Waals surface area contributed by atoms with Crippen LogP contribution in [0.25, 0.3) is 21.9 Å². The first-order valence-electron chi connectivity index (χ1n) is 12.8. The van der Waals surface area contributed by atoms with E-state index in [1.807, 2.05) is 0 Å². The van der Waals surface area contributed by atoms with Crippen LogP contribution in [-0.2, 0) is 11.8 Å². The number of aryl methyl sites for hydroxylation is 1. The summed E-state index contributed by atoms with van der Waals surface area (Å²) in [5, 5.41) is 13.7. The second-order valence-corrected chi connectivity index (χ2v) is 12.7. The number of hydrogen-bond acceptors (Lipinski definition) is 3. The van der Waals surface area contributed by atoms with E-state index in [0.29, 0.717) is 5.75 Å². The first kappa shape index (κ1) is 21.8. The summed E-state index contributed by atoms with van der Waals surface area (Å²) in [7, 11) is 3.90. The van der Waals surface area contributed by atoms with Crippen molar-refractivity contribution in [1.29, 1.82) is 0 Å². The van der Waals surface area contributed by atoms with E-state index in [2.05, 4.69) is 76.0 Å². The van der Waals surface area contributed by atoms with Crippen LogP contribution in [0.3, 0.4) is 0 Å². The molecule has 0 unspecified atom stereocenters. The quantitative estimate of drug-likeness (QED) is 0.414. The van der Waals surface area contributed by atoms with Gasteiger partial charge in [-0.2, -0.15) is 0 Å². The summed E-state index contributed by atoms with van der Waals surface area (Å²) in [6.07, 6.45) is 5.56. The predicted molar refractivity (Wildman–Crippen MR) is 141 cm³/mol. The van der Waals surface area contributed by atoms with Crippen molar-refractivity contribution in [2.24, 2.45) is 10.8 Å². The van der Waals surface area contributed by atoms with Crippen LogP contribution in [0, 0.1) is 10.8 Å². The van der Waals surface area contributed by atoms with E-state index in [1.54, 1.807) is 7.11 Å². The number of benzene rings is 3. The Bertz CT molecular complexity index is 1320. The fourth-order valence-corrected chi connectivity index (χ4v) is 8.45. The maximum Gasteiger partial charge on any atom is 0.143 e. The second-order valence-electron chi connectivity index (χ2n) is 12.7. The molecule has 0 saturated heterocycles. The van der Waals surface area contributed by atoms with Gasteiger partial charge in [0.2, 0.25) is 0 Å². The molecule has 0 radical (unpaired) electrons. The number of anilines is 1. The minimum Gasteiger partial charge on any atom is -0.507 e. The minimum atomic E-state index is -0.0732. The highest BCUT2D eigenvalue weighted by Gasteiger charge is 2.53. The van der Waals surface area contributed by atoms with Gasteiger partial charge < -0.3 is 14.7 Å². The predicted octanol–water partition coefficient (Wildman–Crippen LogP) is 7.44. The first-order chi connectivity index (χ1) is 16.1. The smallest absolute Gasteiger partial charge is 0.143 e. The van der Waals surface area contributed by atoms with Crippen molar-refractivity contribution in [3.05, 3.63) is 53.1 Å². The monoisotopic (exact) mass is 455 g/mol. The molecule has 3 aromatic carbocycles. The molecule has 3 heteroatoms. The zero-order valence-electron chi connectivity index (χ0n) is 21.5. The second kappa shape index (κ2) is 6.93. The van der Waals surface area contributed by atoms with E-state index in [4.69, 9.17) is 4.74 Å². The Labute approximate surface area is 203 Å². The number of phenols is 1. The van der Waals surface area contributed by atoms with Crippen LogP contribution in [0.4, 0.5) is 5.69 Å². The lowest BCUT2D eigenvalue weighted by molar-refractivity contribution is 0.0645. The van der Waals surface area contributed by atoms with Gasteiger partial charge in [0.1, 0.15) is 11.5 Å². The van der Waals surface area contributed by atoms with E-state index in [9.17, 15) is 5.11 Å². The number of ether oxygens (including phenoxy) is 1. The van der Waals surface area contributed by atoms with Crippen LogP contribution >= 0.6 is 0 Å². The van der Waals surface area contributed by atoms with E-state index >= 15 is 0 Å². The number of rotatable bonds is 1. The van der Waals surface area contributed by atoms with Gasteiger partial charge in [-0.05, 0) is 88.3 Å². The van der Waals surface area contributed by atoms with Crippen molar-refractivity contribution in [3.8, 4) is 22.6 Å². The summed E-state index contributed by atoms with van der Waals surface area (Å²) >= 11 is 0. The third kappa shape index (κ3) is 2.88. The maximum absolute atomic E-state index is 11.5. The summed E-state index contributed by atoms with van der Waals surface area (Å²) in [5.41, 5.74) is 8.39. The SMILES string of the molecule is COc1cc2c(O)cc3c(c2c2c1N(C)CCC2)-c1ccccc1C31CC(C)(C)CC(C)(C)C1. The lowest BCUT2D eigenvalue weighted by Gasteiger charge is -2.51. The van der Waals surface area contributed by atoms with E-state index in [-0.39, 0.29) is 16.2 Å². The Morgan fingerprint density at radius 2 is 1.65 bits per heavy atom. The number of aromatic hydroxyl groups is 1. The summed E-state index contributed by atoms with van der Waals surface area (Å²) in [4.78, 5) is 2.33. The molecule has 178 valence electrons. The number of nitrogens with zero attached hydrogens (tertiary/aromatic N) is 1. The molecule has 0 bridgehead atoms. The van der Waals surface area contributed by atoms with Crippen molar-refractivity contribution in [3.63, 3.8) is 0 Å². The van der Waals surface area contributed by atoms with Crippen LogP contribution in [-0.4, -0.2) is 25.8 Å². The van der Waals surface area contributed by atoms with Crippen LogP contribution in [0.15, 0.2) is 36.4 Å². The van der Waals surface area contributed by atoms with Crippen molar-refractivity contribution < 1.29 is 9.84 Å². The molecule has 1 N–H and O–H groups in total. The standard InChI is InChI=1S/C31H37NO2/c1-29(2)16-30(3,4)18-31(17-29)22-12-8-7-10-19(22)27-23(31)15-24(33)21-14-25(34-6)28-20(26(21)27)11-9-13-32(28)5/h7-8,10,12,14-15,33H,9,11,13,16-18H2,1-6H3. The normalized spacial score (nSPS) is 21.3. The summed E-state index contributed by atoms with van der Waals surface area (Å²) in [6, 6.07) is 13.2. The molecule has 3 aliphatic rings. The Morgan fingerprint density at radius 1 is 0.941 bits per heavy atom. The van der Waals surface area contributed by atoms with Crippen LogP contribution in [0.5, 0.6) is 11.5 Å². The third-order valence-electron chi connectivity index (χ3n) is 8.71. The summed E-state index contributed by atoms with van der Waals surface area (Å²) < 4.78 is 5.85. The van der Waals surface area contributed by atoms with Gasteiger partial charge in [0.15, 0.2) is 0 Å². The molecule has 3 nitrogen and oxygen atoms in total. The molecular formula is C31H37NO2. The highest BCUT2D eigenvalue weighted by molar-refractivity contribution is 6.10. The van der Waals surface area contributed by atoms with Gasteiger partial charge in [0, 0.05) is 24.4 Å². The van der Waals surface area contributed by atoms with Gasteiger partial charge in [0.05, 0.1) is 12.8 Å². The molecule has 1 saturated carbocycles. The van der Waals surface area contributed by atoms with Gasteiger partial charge in [-0.3, -0.25) is 0 Å². The molecule has 1 heterocycles. The summed E-state index contributed by atoms with van der Waals surface area (Å²) in [5.74, 6) is 1.25. The number of hydrogen-bond donors (Lipinski definition) is 1. The Kier molecular flexibility index (Phi) is 4.45. The molecule has 0 amide bonds. The lowest BCUT2D eigenvalue weighted by Crippen LogP contribution is -2.43. The van der Waals surface area contributed by atoms with Crippen molar-refractivity contribution in [2.45, 2.75) is 65.2 Å². The molecule has 1 spiro atoms. The van der Waals surface area contributed by atoms with Crippen molar-refractivity contribution in [2.75, 3.05) is 25.6 Å². The van der Waals surface area contributed by atoms with Gasteiger partial charge in [0.25, 0.3) is 0 Å². The number of fused-ring (bicyclic) bond motifs is 9. The van der Waals surface area contributed by atoms with Gasteiger partial charge in [-0.1, -0.05) is 52.0 Å². The maximum atomic E-state index is 11.5. The van der Waals surface area contributed by atoms with Crippen molar-refractivity contribution >= 4 is 16.5 Å². The molecule has 0 aromatic heterocycles. The van der Waals surface area contributed by atoms with E-state index in [0.717, 1.165) is 43.4 Å². The van der Waals surface area contributed by atoms with Crippen LogP contribution < -0.4 is 9.64 Å². The molecule has 1 aliphatic heterocycles. The molecule has 0 atom stereocenters. The molecular weight excluding hydrogens is 418 g/mol. The van der Waals surface area contributed by atoms with E-state index < -0.39 is 0 Å². The number of phenolic OH excluding ortho intramolecular Hbond substituents is 1. The van der Waals surface area contributed by atoms with Crippen LogP contribution in [0.2, 0.25) is 0 Å². The molecule has 1 fully saturated rings. The first-order valence-corrected chi connectivity index (χ1v) is 12.8. The van der Waals surface area contributed by atoms with Gasteiger partial charge in [-0.25, -0.2) is 0 Å². The Morgan fingerprint density at radius 3 is 2.35 bits per heavy atom. The number of methoxy groups -OCH3 is 1. The third-order valence-corrected chi connectivity index (χ3v) is 8.71. The average molecular weight is 456 g/mol. The highest BCUT2D eigenvalue weighted by atomic mass is 16.5. The molecule has 2 aliphatic carbocycles. The zero-order chi connectivity index (χ0) is 24.0. The van der Waals surface area contributed by atoms with Crippen molar-refractivity contribution in [1.82, 2.24) is 0 Å². The van der Waals surface area contributed by atoms with Gasteiger partial charge >= 0.3 is 0 Å². The van der Waals surface area contributed by atoms with E-state index in [1.165, 1.54) is 45.3 Å². The largest absolute Gasteiger partial charge is 0.507 e. The highest BCUT2D eigenvalue weighted by Crippen LogP contribution is 2.65.